The third-order valence-electron chi connectivity index (χ3n) is 2.25. The molecule has 0 spiro atoms. The van der Waals surface area contributed by atoms with Gasteiger partial charge in [-0.25, -0.2) is 9.97 Å². The van der Waals surface area contributed by atoms with Crippen molar-refractivity contribution in [3.05, 3.63) is 48.2 Å². The molecular formula is C12H11N3O2. The Kier molecular flexibility index (Phi) is 3.40. The van der Waals surface area contributed by atoms with Crippen LogP contribution in [0.2, 0.25) is 0 Å². The molecule has 0 aliphatic heterocycles. The molecule has 0 aliphatic carbocycles. The smallest absolute Gasteiger partial charge is 0.216 e. The maximum atomic E-state index is 11.9. The van der Waals surface area contributed by atoms with Crippen LogP contribution in [-0.2, 0) is 6.42 Å². The zero-order valence-corrected chi connectivity index (χ0v) is 9.33. The molecule has 86 valence electrons. The predicted molar refractivity (Wildman–Crippen MR) is 60.9 cm³/mol. The molecule has 0 radical (unpaired) electrons. The number of hydrogen-bond acceptors (Lipinski definition) is 5. The Labute approximate surface area is 98.5 Å². The molecule has 0 aromatic carbocycles. The highest BCUT2D eigenvalue weighted by molar-refractivity contribution is 5.97. The Morgan fingerprint density at radius 2 is 2.06 bits per heavy atom. The lowest BCUT2D eigenvalue weighted by atomic mass is 10.1. The number of hydrogen-bond donors (Lipinski definition) is 0. The highest BCUT2D eigenvalue weighted by Crippen LogP contribution is 2.09. The van der Waals surface area contributed by atoms with Crippen molar-refractivity contribution >= 4 is 5.78 Å². The molecule has 0 amide bonds. The van der Waals surface area contributed by atoms with Crippen LogP contribution in [0.4, 0.5) is 0 Å². The molecular weight excluding hydrogens is 218 g/mol. The molecule has 2 aromatic rings. The molecule has 2 rings (SSSR count). The predicted octanol–water partition coefficient (Wildman–Crippen LogP) is 1.31. The normalized spacial score (nSPS) is 9.94. The molecule has 2 aromatic heterocycles. The van der Waals surface area contributed by atoms with Gasteiger partial charge in [0.25, 0.3) is 0 Å². The summed E-state index contributed by atoms with van der Waals surface area (Å²) in [4.78, 5) is 23.7. The second-order valence-electron chi connectivity index (χ2n) is 3.39. The Morgan fingerprint density at radius 1 is 1.29 bits per heavy atom. The Hall–Kier alpha value is -2.30. The zero-order chi connectivity index (χ0) is 12.1. The van der Waals surface area contributed by atoms with E-state index in [-0.39, 0.29) is 12.2 Å². The first kappa shape index (κ1) is 11.2. The second-order valence-corrected chi connectivity index (χ2v) is 3.39. The van der Waals surface area contributed by atoms with Crippen LogP contribution < -0.4 is 4.74 Å². The van der Waals surface area contributed by atoms with E-state index < -0.39 is 0 Å². The standard InChI is InChI=1S/C12H11N3O2/c1-17-12-7-10(14-8-15-12)6-11(16)9-2-4-13-5-3-9/h2-5,7-8H,6H2,1H3. The maximum Gasteiger partial charge on any atom is 0.216 e. The fraction of sp³-hybridized carbons (Fsp3) is 0.167. The summed E-state index contributed by atoms with van der Waals surface area (Å²) in [5.74, 6) is 0.450. The maximum absolute atomic E-state index is 11.9. The van der Waals surface area contributed by atoms with Crippen molar-refractivity contribution in [2.75, 3.05) is 7.11 Å². The number of rotatable bonds is 4. The number of aromatic nitrogens is 3. The quantitative estimate of drug-likeness (QED) is 0.739. The fourth-order valence-corrected chi connectivity index (χ4v) is 1.39. The van der Waals surface area contributed by atoms with E-state index >= 15 is 0 Å². The summed E-state index contributed by atoms with van der Waals surface area (Å²) in [6.45, 7) is 0. The molecule has 17 heavy (non-hydrogen) atoms. The molecule has 0 unspecified atom stereocenters. The van der Waals surface area contributed by atoms with E-state index in [1.807, 2.05) is 0 Å². The molecule has 0 N–H and O–H groups in total. The number of methoxy groups -OCH3 is 1. The van der Waals surface area contributed by atoms with Crippen LogP contribution in [0.3, 0.4) is 0 Å². The molecule has 5 heteroatoms. The molecule has 2 heterocycles. The van der Waals surface area contributed by atoms with Gasteiger partial charge in [0, 0.05) is 24.0 Å². The van der Waals surface area contributed by atoms with E-state index in [4.69, 9.17) is 4.74 Å². The first-order valence-electron chi connectivity index (χ1n) is 5.07. The van der Waals surface area contributed by atoms with E-state index in [1.54, 1.807) is 30.6 Å². The highest BCUT2D eigenvalue weighted by atomic mass is 16.5. The van der Waals surface area contributed by atoms with Crippen molar-refractivity contribution in [2.45, 2.75) is 6.42 Å². The third kappa shape index (κ3) is 2.84. The average molecular weight is 229 g/mol. The van der Waals surface area contributed by atoms with Crippen LogP contribution in [0.1, 0.15) is 16.1 Å². The summed E-state index contributed by atoms with van der Waals surface area (Å²) in [6, 6.07) is 5.01. The monoisotopic (exact) mass is 229 g/mol. The number of carbonyl (C=O) groups excluding carboxylic acids is 1. The molecule has 0 bridgehead atoms. The largest absolute Gasteiger partial charge is 0.481 e. The van der Waals surface area contributed by atoms with Crippen LogP contribution in [0.15, 0.2) is 36.9 Å². The van der Waals surface area contributed by atoms with E-state index in [9.17, 15) is 4.79 Å². The minimum atomic E-state index is -0.00634. The van der Waals surface area contributed by atoms with Gasteiger partial charge in [-0.3, -0.25) is 9.78 Å². The van der Waals surface area contributed by atoms with Gasteiger partial charge in [-0.1, -0.05) is 0 Å². The summed E-state index contributed by atoms with van der Waals surface area (Å²) in [5.41, 5.74) is 1.26. The van der Waals surface area contributed by atoms with Gasteiger partial charge >= 0.3 is 0 Å². The number of Topliss-reactive ketones (excluding diaryl/α,β-unsaturated/α-hetero) is 1. The lowest BCUT2D eigenvalue weighted by Gasteiger charge is -2.02. The average Bonchev–Trinajstić information content (AvgIpc) is 2.40. The number of nitrogens with zero attached hydrogens (tertiary/aromatic N) is 3. The molecule has 0 saturated heterocycles. The topological polar surface area (TPSA) is 65.0 Å². The number of pyridine rings is 1. The number of ketones is 1. The molecule has 5 nitrogen and oxygen atoms in total. The first-order valence-corrected chi connectivity index (χ1v) is 5.07. The van der Waals surface area contributed by atoms with Crippen LogP contribution in [0, 0.1) is 0 Å². The van der Waals surface area contributed by atoms with Crippen molar-refractivity contribution in [1.82, 2.24) is 15.0 Å². The lowest BCUT2D eigenvalue weighted by Crippen LogP contribution is -2.05. The van der Waals surface area contributed by atoms with E-state index in [0.717, 1.165) is 0 Å². The lowest BCUT2D eigenvalue weighted by molar-refractivity contribution is 0.0992. The zero-order valence-electron chi connectivity index (χ0n) is 9.33. The molecule has 0 atom stereocenters. The number of ether oxygens (including phenoxy) is 1. The minimum Gasteiger partial charge on any atom is -0.481 e. The van der Waals surface area contributed by atoms with Crippen LogP contribution in [0.5, 0.6) is 5.88 Å². The Balaban J connectivity index is 2.13. The van der Waals surface area contributed by atoms with Gasteiger partial charge in [0.05, 0.1) is 19.2 Å². The van der Waals surface area contributed by atoms with Gasteiger partial charge in [-0.15, -0.1) is 0 Å². The van der Waals surface area contributed by atoms with Crippen molar-refractivity contribution in [1.29, 1.82) is 0 Å². The van der Waals surface area contributed by atoms with Crippen molar-refractivity contribution in [3.8, 4) is 5.88 Å². The van der Waals surface area contributed by atoms with Gasteiger partial charge in [-0.05, 0) is 12.1 Å². The minimum absolute atomic E-state index is 0.00634. The van der Waals surface area contributed by atoms with Gasteiger partial charge < -0.3 is 4.74 Å². The van der Waals surface area contributed by atoms with Crippen molar-refractivity contribution in [3.63, 3.8) is 0 Å². The SMILES string of the molecule is COc1cc(CC(=O)c2ccncc2)ncn1. The van der Waals surface area contributed by atoms with Crippen molar-refractivity contribution < 1.29 is 9.53 Å². The van der Waals surface area contributed by atoms with E-state index in [0.29, 0.717) is 17.1 Å². The van der Waals surface area contributed by atoms with Crippen LogP contribution >= 0.6 is 0 Å². The highest BCUT2D eigenvalue weighted by Gasteiger charge is 2.08. The van der Waals surface area contributed by atoms with Crippen molar-refractivity contribution in [2.24, 2.45) is 0 Å². The van der Waals surface area contributed by atoms with E-state index in [2.05, 4.69) is 15.0 Å². The summed E-state index contributed by atoms with van der Waals surface area (Å²) < 4.78 is 4.97. The summed E-state index contributed by atoms with van der Waals surface area (Å²) in [5, 5.41) is 0. The number of carbonyl (C=O) groups is 1. The van der Waals surface area contributed by atoms with Crippen LogP contribution in [-0.4, -0.2) is 27.8 Å². The van der Waals surface area contributed by atoms with Gasteiger partial charge in [-0.2, -0.15) is 0 Å². The van der Waals surface area contributed by atoms with E-state index in [1.165, 1.54) is 13.4 Å². The molecule has 0 aliphatic rings. The van der Waals surface area contributed by atoms with Gasteiger partial charge in [0.2, 0.25) is 5.88 Å². The molecule has 0 saturated carbocycles. The first-order chi connectivity index (χ1) is 8.29. The summed E-state index contributed by atoms with van der Waals surface area (Å²) in [7, 11) is 1.52. The summed E-state index contributed by atoms with van der Waals surface area (Å²) >= 11 is 0. The second kappa shape index (κ2) is 5.16. The third-order valence-corrected chi connectivity index (χ3v) is 2.25. The van der Waals surface area contributed by atoms with Gasteiger partial charge in [0.15, 0.2) is 5.78 Å². The Morgan fingerprint density at radius 3 is 2.76 bits per heavy atom. The fourth-order valence-electron chi connectivity index (χ4n) is 1.39. The van der Waals surface area contributed by atoms with Gasteiger partial charge in [0.1, 0.15) is 6.33 Å². The molecule has 0 fully saturated rings. The Bertz CT molecular complexity index is 514. The summed E-state index contributed by atoms with van der Waals surface area (Å²) in [6.07, 6.45) is 4.79. The van der Waals surface area contributed by atoms with Crippen LogP contribution in [0.25, 0.3) is 0 Å².